The summed E-state index contributed by atoms with van der Waals surface area (Å²) in [5.74, 6) is 0.405. The minimum atomic E-state index is -0.553. The number of methoxy groups -OCH3 is 1. The Morgan fingerprint density at radius 2 is 2.05 bits per heavy atom. The van der Waals surface area contributed by atoms with Crippen LogP contribution in [-0.2, 0) is 16.2 Å². The Bertz CT molecular complexity index is 614. The maximum atomic E-state index is 11.8. The summed E-state index contributed by atoms with van der Waals surface area (Å²) in [4.78, 5) is 16.2. The zero-order valence-corrected chi connectivity index (χ0v) is 12.1. The minimum absolute atomic E-state index is 0.297. The zero-order valence-electron chi connectivity index (χ0n) is 12.1. The summed E-state index contributed by atoms with van der Waals surface area (Å²) >= 11 is 0. The van der Waals surface area contributed by atoms with E-state index in [-0.39, 0.29) is 0 Å². The van der Waals surface area contributed by atoms with Crippen LogP contribution in [-0.4, -0.2) is 28.4 Å². The molecule has 6 nitrogen and oxygen atoms in total. The van der Waals surface area contributed by atoms with Crippen molar-refractivity contribution in [1.82, 2.24) is 9.55 Å². The standard InChI is InChI=1S/C14H19N3O3/c1-14(2,3)20-13(18)16-12-15-10-7-5-6-8-11(10)17(12)9-19-4/h5-8H,9H2,1-4H3,(H,15,16,18). The molecule has 6 heteroatoms. The molecule has 1 amide bonds. The molecular formula is C14H19N3O3. The van der Waals surface area contributed by atoms with Gasteiger partial charge in [0, 0.05) is 7.11 Å². The Labute approximate surface area is 117 Å². The summed E-state index contributed by atoms with van der Waals surface area (Å²) in [7, 11) is 1.59. The van der Waals surface area contributed by atoms with Crippen molar-refractivity contribution in [3.05, 3.63) is 24.3 Å². The number of aromatic nitrogens is 2. The van der Waals surface area contributed by atoms with E-state index in [1.165, 1.54) is 0 Å². The van der Waals surface area contributed by atoms with Gasteiger partial charge in [0.2, 0.25) is 5.95 Å². The van der Waals surface area contributed by atoms with E-state index >= 15 is 0 Å². The van der Waals surface area contributed by atoms with Gasteiger partial charge in [-0.2, -0.15) is 0 Å². The second-order valence-electron chi connectivity index (χ2n) is 5.40. The van der Waals surface area contributed by atoms with Crippen LogP contribution < -0.4 is 5.32 Å². The van der Waals surface area contributed by atoms with E-state index in [4.69, 9.17) is 9.47 Å². The first-order valence-electron chi connectivity index (χ1n) is 6.35. The van der Waals surface area contributed by atoms with Crippen molar-refractivity contribution in [3.8, 4) is 0 Å². The van der Waals surface area contributed by atoms with Crippen LogP contribution in [0.3, 0.4) is 0 Å². The van der Waals surface area contributed by atoms with Crippen LogP contribution in [0.1, 0.15) is 20.8 Å². The molecule has 0 unspecified atom stereocenters. The Morgan fingerprint density at radius 3 is 2.70 bits per heavy atom. The quantitative estimate of drug-likeness (QED) is 0.936. The first-order chi connectivity index (χ1) is 9.40. The lowest BCUT2D eigenvalue weighted by molar-refractivity contribution is 0.0632. The lowest BCUT2D eigenvalue weighted by Crippen LogP contribution is -2.28. The maximum Gasteiger partial charge on any atom is 0.414 e. The number of nitrogens with zero attached hydrogens (tertiary/aromatic N) is 2. The van der Waals surface area contributed by atoms with Crippen molar-refractivity contribution in [2.24, 2.45) is 0 Å². The summed E-state index contributed by atoms with van der Waals surface area (Å²) in [5, 5.41) is 2.65. The Hall–Kier alpha value is -2.08. The van der Waals surface area contributed by atoms with Crippen molar-refractivity contribution in [1.29, 1.82) is 0 Å². The number of imidazole rings is 1. The summed E-state index contributed by atoms with van der Waals surface area (Å²) in [6.07, 6.45) is -0.537. The Morgan fingerprint density at radius 1 is 1.35 bits per heavy atom. The van der Waals surface area contributed by atoms with Gasteiger partial charge >= 0.3 is 6.09 Å². The number of anilines is 1. The number of carbonyl (C=O) groups excluding carboxylic acids is 1. The number of carbonyl (C=O) groups is 1. The third-order valence-corrected chi connectivity index (χ3v) is 2.53. The molecule has 0 saturated heterocycles. The number of benzene rings is 1. The molecule has 1 N–H and O–H groups in total. The molecule has 0 spiro atoms. The van der Waals surface area contributed by atoms with Gasteiger partial charge in [0.25, 0.3) is 0 Å². The highest BCUT2D eigenvalue weighted by atomic mass is 16.6. The number of nitrogens with one attached hydrogen (secondary N) is 1. The fourth-order valence-corrected chi connectivity index (χ4v) is 1.83. The lowest BCUT2D eigenvalue weighted by Gasteiger charge is -2.19. The van der Waals surface area contributed by atoms with Crippen LogP contribution in [0, 0.1) is 0 Å². The molecule has 0 aliphatic heterocycles. The number of hydrogen-bond acceptors (Lipinski definition) is 4. The van der Waals surface area contributed by atoms with Crippen LogP contribution in [0.5, 0.6) is 0 Å². The molecule has 0 radical (unpaired) electrons. The highest BCUT2D eigenvalue weighted by Crippen LogP contribution is 2.20. The molecular weight excluding hydrogens is 258 g/mol. The van der Waals surface area contributed by atoms with E-state index in [0.717, 1.165) is 11.0 Å². The van der Waals surface area contributed by atoms with Crippen LogP contribution in [0.25, 0.3) is 11.0 Å². The van der Waals surface area contributed by atoms with E-state index in [2.05, 4.69) is 10.3 Å². The summed E-state index contributed by atoms with van der Waals surface area (Å²) in [5.41, 5.74) is 1.12. The normalized spacial score (nSPS) is 11.6. The number of hydrogen-bond donors (Lipinski definition) is 1. The molecule has 0 fully saturated rings. The monoisotopic (exact) mass is 277 g/mol. The van der Waals surface area contributed by atoms with E-state index in [1.54, 1.807) is 11.7 Å². The average molecular weight is 277 g/mol. The van der Waals surface area contributed by atoms with Crippen molar-refractivity contribution in [2.75, 3.05) is 12.4 Å². The van der Waals surface area contributed by atoms with Crippen LogP contribution >= 0.6 is 0 Å². The topological polar surface area (TPSA) is 65.4 Å². The maximum absolute atomic E-state index is 11.8. The molecule has 108 valence electrons. The Balaban J connectivity index is 2.29. The van der Waals surface area contributed by atoms with Gasteiger partial charge in [-0.05, 0) is 32.9 Å². The minimum Gasteiger partial charge on any atom is -0.444 e. The van der Waals surface area contributed by atoms with Crippen LogP contribution in [0.4, 0.5) is 10.7 Å². The zero-order chi connectivity index (χ0) is 14.8. The van der Waals surface area contributed by atoms with Crippen LogP contribution in [0.2, 0.25) is 0 Å². The number of fused-ring (bicyclic) bond motifs is 1. The highest BCUT2D eigenvalue weighted by Gasteiger charge is 2.19. The molecule has 2 aromatic rings. The smallest absolute Gasteiger partial charge is 0.414 e. The van der Waals surface area contributed by atoms with E-state index in [0.29, 0.717) is 12.7 Å². The van der Waals surface area contributed by atoms with E-state index in [9.17, 15) is 4.79 Å². The molecule has 1 aromatic heterocycles. The van der Waals surface area contributed by atoms with Crippen LogP contribution in [0.15, 0.2) is 24.3 Å². The lowest BCUT2D eigenvalue weighted by atomic mass is 10.2. The number of amides is 1. The van der Waals surface area contributed by atoms with Gasteiger partial charge in [-0.25, -0.2) is 9.78 Å². The number of ether oxygens (including phenoxy) is 2. The van der Waals surface area contributed by atoms with Gasteiger partial charge in [-0.15, -0.1) is 0 Å². The molecule has 0 aliphatic carbocycles. The molecule has 2 rings (SSSR count). The van der Waals surface area contributed by atoms with Gasteiger partial charge in [-0.3, -0.25) is 9.88 Å². The van der Waals surface area contributed by atoms with Gasteiger partial charge in [0.1, 0.15) is 12.3 Å². The predicted octanol–water partition coefficient (Wildman–Crippen LogP) is 2.99. The van der Waals surface area contributed by atoms with Gasteiger partial charge in [-0.1, -0.05) is 12.1 Å². The molecule has 0 bridgehead atoms. The summed E-state index contributed by atoms with van der Waals surface area (Å²) < 4.78 is 12.2. The Kier molecular flexibility index (Phi) is 3.94. The van der Waals surface area contributed by atoms with E-state index < -0.39 is 11.7 Å². The molecule has 1 heterocycles. The molecule has 0 aliphatic rings. The first kappa shape index (κ1) is 14.3. The summed E-state index contributed by atoms with van der Waals surface area (Å²) in [6.45, 7) is 5.73. The van der Waals surface area contributed by atoms with Gasteiger partial charge < -0.3 is 9.47 Å². The number of para-hydroxylation sites is 2. The van der Waals surface area contributed by atoms with E-state index in [1.807, 2.05) is 45.0 Å². The third kappa shape index (κ3) is 3.27. The third-order valence-electron chi connectivity index (χ3n) is 2.53. The summed E-state index contributed by atoms with van der Waals surface area (Å²) in [6, 6.07) is 7.60. The molecule has 0 saturated carbocycles. The average Bonchev–Trinajstić information content (AvgIpc) is 2.66. The highest BCUT2D eigenvalue weighted by molar-refractivity contribution is 5.87. The second-order valence-corrected chi connectivity index (χ2v) is 5.40. The van der Waals surface area contributed by atoms with Crippen molar-refractivity contribution < 1.29 is 14.3 Å². The van der Waals surface area contributed by atoms with Gasteiger partial charge in [0.05, 0.1) is 11.0 Å². The predicted molar refractivity (Wildman–Crippen MR) is 76.6 cm³/mol. The molecule has 20 heavy (non-hydrogen) atoms. The van der Waals surface area contributed by atoms with Crippen molar-refractivity contribution >= 4 is 23.1 Å². The van der Waals surface area contributed by atoms with Gasteiger partial charge in [0.15, 0.2) is 0 Å². The first-order valence-corrected chi connectivity index (χ1v) is 6.35. The van der Waals surface area contributed by atoms with Crippen molar-refractivity contribution in [2.45, 2.75) is 33.1 Å². The second kappa shape index (κ2) is 5.50. The fraction of sp³-hybridized carbons (Fsp3) is 0.429. The molecule has 0 atom stereocenters. The number of rotatable bonds is 3. The largest absolute Gasteiger partial charge is 0.444 e. The SMILES string of the molecule is COCn1c(NC(=O)OC(C)(C)C)nc2ccccc21. The molecule has 1 aromatic carbocycles. The van der Waals surface area contributed by atoms with Crippen molar-refractivity contribution in [3.63, 3.8) is 0 Å². The fourth-order valence-electron chi connectivity index (χ4n) is 1.83.